The first-order chi connectivity index (χ1) is 7.84. The van der Waals surface area contributed by atoms with Crippen molar-refractivity contribution >= 4 is 23.1 Å². The Bertz CT molecular complexity index is 435. The van der Waals surface area contributed by atoms with Crippen molar-refractivity contribution in [2.24, 2.45) is 0 Å². The molecular formula is C11H9ClF2O3. The molecular weight excluding hydrogens is 254 g/mol. The number of aliphatic hydroxyl groups excluding tert-OH is 1. The van der Waals surface area contributed by atoms with Crippen LogP contribution in [-0.4, -0.2) is 23.4 Å². The van der Waals surface area contributed by atoms with Gasteiger partial charge in [-0.05, 0) is 35.9 Å². The van der Waals surface area contributed by atoms with Crippen LogP contribution in [0.4, 0.5) is 8.78 Å². The number of ether oxygens (including phenoxy) is 1. The Hall–Kier alpha value is -1.62. The molecule has 0 aliphatic carbocycles. The summed E-state index contributed by atoms with van der Waals surface area (Å²) in [7, 11) is 1.46. The quantitative estimate of drug-likeness (QED) is 0.515. The lowest BCUT2D eigenvalue weighted by Gasteiger charge is -2.05. The maximum absolute atomic E-state index is 12.4. The largest absolute Gasteiger partial charge is 0.507 e. The Labute approximate surface area is 101 Å². The molecule has 0 saturated carbocycles. The summed E-state index contributed by atoms with van der Waals surface area (Å²) < 4.78 is 29.6. The highest BCUT2D eigenvalue weighted by atomic mass is 35.5. The minimum Gasteiger partial charge on any atom is -0.507 e. The highest BCUT2D eigenvalue weighted by Crippen LogP contribution is 2.23. The zero-order valence-electron chi connectivity index (χ0n) is 8.78. The molecule has 0 spiro atoms. The van der Waals surface area contributed by atoms with Gasteiger partial charge in [0.25, 0.3) is 0 Å². The van der Waals surface area contributed by atoms with E-state index < -0.39 is 16.9 Å². The number of benzene rings is 1. The van der Waals surface area contributed by atoms with Crippen molar-refractivity contribution in [2.75, 3.05) is 7.11 Å². The van der Waals surface area contributed by atoms with Gasteiger partial charge in [-0.15, -0.1) is 0 Å². The molecule has 0 aliphatic heterocycles. The van der Waals surface area contributed by atoms with E-state index in [1.807, 2.05) is 0 Å². The number of methoxy groups -OCH3 is 1. The van der Waals surface area contributed by atoms with Gasteiger partial charge in [0.2, 0.25) is 5.78 Å². The van der Waals surface area contributed by atoms with E-state index in [0.717, 1.165) is 0 Å². The predicted molar refractivity (Wildman–Crippen MR) is 59.4 cm³/mol. The molecule has 17 heavy (non-hydrogen) atoms. The van der Waals surface area contributed by atoms with Gasteiger partial charge in [-0.25, -0.2) is 0 Å². The maximum Gasteiger partial charge on any atom is 0.384 e. The van der Waals surface area contributed by atoms with E-state index in [0.29, 0.717) is 11.8 Å². The average molecular weight is 263 g/mol. The molecule has 1 N–H and O–H groups in total. The second kappa shape index (κ2) is 5.14. The minimum atomic E-state index is -4.01. The van der Waals surface area contributed by atoms with Gasteiger partial charge in [-0.1, -0.05) is 0 Å². The number of hydrogen-bond acceptors (Lipinski definition) is 3. The summed E-state index contributed by atoms with van der Waals surface area (Å²) in [4.78, 5) is 10.8. The number of carbonyl (C=O) groups excluding carboxylic acids is 1. The molecule has 92 valence electrons. The van der Waals surface area contributed by atoms with Gasteiger partial charge >= 0.3 is 5.38 Å². The number of rotatable bonds is 4. The van der Waals surface area contributed by atoms with Crippen LogP contribution >= 0.6 is 11.6 Å². The number of hydrogen-bond donors (Lipinski definition) is 1. The lowest BCUT2D eigenvalue weighted by molar-refractivity contribution is -0.128. The molecule has 0 bridgehead atoms. The molecule has 0 heterocycles. The molecule has 1 rings (SSSR count). The fourth-order valence-corrected chi connectivity index (χ4v) is 1.11. The van der Waals surface area contributed by atoms with Crippen molar-refractivity contribution in [1.29, 1.82) is 0 Å². The smallest absolute Gasteiger partial charge is 0.384 e. The summed E-state index contributed by atoms with van der Waals surface area (Å²) in [6, 6.07) is 5.88. The average Bonchev–Trinajstić information content (AvgIpc) is 2.27. The van der Waals surface area contributed by atoms with Crippen molar-refractivity contribution in [3.8, 4) is 5.75 Å². The van der Waals surface area contributed by atoms with Crippen LogP contribution in [0.25, 0.3) is 5.76 Å². The lowest BCUT2D eigenvalue weighted by atomic mass is 10.1. The Morgan fingerprint density at radius 3 is 2.35 bits per heavy atom. The maximum atomic E-state index is 12.4. The topological polar surface area (TPSA) is 46.5 Å². The number of allylic oxidation sites excluding steroid dienone is 1. The van der Waals surface area contributed by atoms with Crippen molar-refractivity contribution in [3.63, 3.8) is 0 Å². The molecule has 0 saturated heterocycles. The zero-order chi connectivity index (χ0) is 13.1. The molecule has 0 aliphatic rings. The first-order valence-corrected chi connectivity index (χ1v) is 4.88. The Morgan fingerprint density at radius 1 is 1.41 bits per heavy atom. The third-order valence-electron chi connectivity index (χ3n) is 1.93. The fourth-order valence-electron chi connectivity index (χ4n) is 1.05. The predicted octanol–water partition coefficient (Wildman–Crippen LogP) is 2.99. The SMILES string of the molecule is COc1ccc(C(O)=CC(=O)C(F)(F)Cl)cc1. The van der Waals surface area contributed by atoms with Gasteiger partial charge < -0.3 is 9.84 Å². The van der Waals surface area contributed by atoms with Gasteiger partial charge in [0.05, 0.1) is 7.11 Å². The standard InChI is InChI=1S/C11H9ClF2O3/c1-17-8-4-2-7(3-5-8)9(15)6-10(16)11(12,13)14/h2-6,15H,1H3. The first-order valence-electron chi connectivity index (χ1n) is 4.51. The van der Waals surface area contributed by atoms with Crippen LogP contribution in [0, 0.1) is 0 Å². The van der Waals surface area contributed by atoms with Crippen molar-refractivity contribution < 1.29 is 23.4 Å². The van der Waals surface area contributed by atoms with E-state index in [4.69, 9.17) is 4.74 Å². The molecule has 0 atom stereocenters. The van der Waals surface area contributed by atoms with E-state index in [-0.39, 0.29) is 5.56 Å². The van der Waals surface area contributed by atoms with Gasteiger partial charge in [-0.2, -0.15) is 8.78 Å². The van der Waals surface area contributed by atoms with Gasteiger partial charge in [0.1, 0.15) is 11.5 Å². The summed E-state index contributed by atoms with van der Waals surface area (Å²) in [6.07, 6.45) is 0.384. The number of alkyl halides is 3. The number of halogens is 3. The Morgan fingerprint density at radius 2 is 1.94 bits per heavy atom. The molecule has 0 radical (unpaired) electrons. The van der Waals surface area contributed by atoms with Crippen LogP contribution in [0.15, 0.2) is 30.3 Å². The molecule has 0 unspecified atom stereocenters. The van der Waals surface area contributed by atoms with Gasteiger partial charge in [0, 0.05) is 11.6 Å². The molecule has 3 nitrogen and oxygen atoms in total. The van der Waals surface area contributed by atoms with Crippen LogP contribution in [0.2, 0.25) is 0 Å². The lowest BCUT2D eigenvalue weighted by Crippen LogP contribution is -2.19. The summed E-state index contributed by atoms with van der Waals surface area (Å²) >= 11 is 4.50. The molecule has 1 aromatic carbocycles. The van der Waals surface area contributed by atoms with Crippen LogP contribution in [-0.2, 0) is 4.79 Å². The van der Waals surface area contributed by atoms with Gasteiger partial charge in [0.15, 0.2) is 0 Å². The third kappa shape index (κ3) is 3.71. The van der Waals surface area contributed by atoms with Gasteiger partial charge in [-0.3, -0.25) is 4.79 Å². The minimum absolute atomic E-state index is 0.208. The van der Waals surface area contributed by atoms with E-state index in [1.165, 1.54) is 31.4 Å². The monoisotopic (exact) mass is 262 g/mol. The molecule has 6 heteroatoms. The summed E-state index contributed by atoms with van der Waals surface area (Å²) in [5, 5.41) is 5.41. The first kappa shape index (κ1) is 13.4. The van der Waals surface area contributed by atoms with E-state index in [2.05, 4.69) is 11.6 Å². The Kier molecular flexibility index (Phi) is 4.07. The van der Waals surface area contributed by atoms with E-state index in [9.17, 15) is 18.7 Å². The fraction of sp³-hybridized carbons (Fsp3) is 0.182. The number of aliphatic hydroxyl groups is 1. The zero-order valence-corrected chi connectivity index (χ0v) is 9.54. The third-order valence-corrected chi connectivity index (χ3v) is 2.12. The van der Waals surface area contributed by atoms with Crippen LogP contribution in [0.5, 0.6) is 5.75 Å². The van der Waals surface area contributed by atoms with Crippen LogP contribution < -0.4 is 4.74 Å². The van der Waals surface area contributed by atoms with E-state index in [1.54, 1.807) is 0 Å². The normalized spacial score (nSPS) is 12.4. The number of ketones is 1. The van der Waals surface area contributed by atoms with Crippen LogP contribution in [0.3, 0.4) is 0 Å². The molecule has 1 aromatic rings. The highest BCUT2D eigenvalue weighted by molar-refractivity contribution is 6.34. The second-order valence-electron chi connectivity index (χ2n) is 3.12. The molecule has 0 amide bonds. The molecule has 0 fully saturated rings. The summed E-state index contributed by atoms with van der Waals surface area (Å²) in [6.45, 7) is 0. The highest BCUT2D eigenvalue weighted by Gasteiger charge is 2.34. The second-order valence-corrected chi connectivity index (χ2v) is 3.59. The number of carbonyl (C=O) groups is 1. The summed E-state index contributed by atoms with van der Waals surface area (Å²) in [5.41, 5.74) is 0.208. The van der Waals surface area contributed by atoms with Crippen molar-refractivity contribution in [3.05, 3.63) is 35.9 Å². The van der Waals surface area contributed by atoms with Crippen LogP contribution in [0.1, 0.15) is 5.56 Å². The molecule has 0 aromatic heterocycles. The van der Waals surface area contributed by atoms with Crippen molar-refractivity contribution in [1.82, 2.24) is 0 Å². The summed E-state index contributed by atoms with van der Waals surface area (Å²) in [5.74, 6) is -1.72. The van der Waals surface area contributed by atoms with E-state index >= 15 is 0 Å². The Balaban J connectivity index is 2.92. The van der Waals surface area contributed by atoms with Crippen molar-refractivity contribution in [2.45, 2.75) is 5.38 Å².